The lowest BCUT2D eigenvalue weighted by atomic mass is 9.43. The van der Waals surface area contributed by atoms with E-state index in [-0.39, 0.29) is 0 Å². The molecule has 0 radical (unpaired) electrons. The molecule has 0 aliphatic heterocycles. The molecular weight excluding hydrogens is 489 g/mol. The lowest BCUT2D eigenvalue weighted by Crippen LogP contribution is -2.69. The first-order valence-electron chi connectivity index (χ1n) is 6.44. The van der Waals surface area contributed by atoms with Gasteiger partial charge in [0.05, 0.1) is 0 Å². The average Bonchev–Trinajstić information content (AvgIpc) is 2.64. The summed E-state index contributed by atoms with van der Waals surface area (Å²) in [5.41, 5.74) is -11.9. The van der Waals surface area contributed by atoms with Gasteiger partial charge in [-0.05, 0) is 0 Å². The lowest BCUT2D eigenvalue weighted by Gasteiger charge is -2.43. The van der Waals surface area contributed by atoms with Crippen molar-refractivity contribution in [1.82, 2.24) is 0 Å². The molecule has 0 bridgehead atoms. The zero-order chi connectivity index (χ0) is 22.2. The van der Waals surface area contributed by atoms with E-state index in [0.717, 1.165) is 0 Å². The van der Waals surface area contributed by atoms with E-state index < -0.39 is 74.1 Å². The number of rotatable bonds is 2. The topological polar surface area (TPSA) is 0 Å². The van der Waals surface area contributed by atoms with Gasteiger partial charge in [0.2, 0.25) is 11.1 Å². The molecule has 0 N–H and O–H groups in total. The predicted octanol–water partition coefficient (Wildman–Crippen LogP) is 7.15. The van der Waals surface area contributed by atoms with Crippen molar-refractivity contribution in [3.63, 3.8) is 0 Å². The van der Waals surface area contributed by atoms with E-state index in [0.29, 0.717) is 0 Å². The highest BCUT2D eigenvalue weighted by atomic mass is 35.5. The SMILES string of the molecule is FC1=C(F)C(F)(B(Cl)C2(F)C(F)=C(F)C(Cl)=C(F)C2(F)F)C(F)(F)C(F)=C1Cl. The van der Waals surface area contributed by atoms with Gasteiger partial charge in [0, 0.05) is 0 Å². The Morgan fingerprint density at radius 3 is 1.04 bits per heavy atom. The number of alkyl halides is 6. The van der Waals surface area contributed by atoms with Crippen LogP contribution in [0.2, 0.25) is 0 Å². The van der Waals surface area contributed by atoms with Crippen LogP contribution in [0.4, 0.5) is 52.7 Å². The van der Waals surface area contributed by atoms with Gasteiger partial charge in [0.15, 0.2) is 35.0 Å². The van der Waals surface area contributed by atoms with E-state index in [4.69, 9.17) is 11.5 Å². The van der Waals surface area contributed by atoms with Gasteiger partial charge in [-0.2, -0.15) is 29.0 Å². The number of hydrogen-bond donors (Lipinski definition) is 0. The summed E-state index contributed by atoms with van der Waals surface area (Å²) in [6, 6.07) is 0. The van der Waals surface area contributed by atoms with Gasteiger partial charge in [-0.3, -0.25) is 0 Å². The first kappa shape index (κ1) is 23.3. The second kappa shape index (κ2) is 6.53. The highest BCUT2D eigenvalue weighted by molar-refractivity contribution is 7.11. The molecule has 2 rings (SSSR count). The second-order valence-electron chi connectivity index (χ2n) is 5.45. The third-order valence-electron chi connectivity index (χ3n) is 3.96. The first-order valence-corrected chi connectivity index (χ1v) is 7.63. The van der Waals surface area contributed by atoms with Crippen LogP contribution in [-0.2, 0) is 0 Å². The fraction of sp³-hybridized carbons (Fsp3) is 0.333. The number of hydrogen-bond acceptors (Lipinski definition) is 0. The van der Waals surface area contributed by atoms with Crippen LogP contribution in [0.3, 0.4) is 0 Å². The van der Waals surface area contributed by atoms with Crippen molar-refractivity contribution in [3.05, 3.63) is 45.0 Å². The van der Waals surface area contributed by atoms with Crippen molar-refractivity contribution in [2.45, 2.75) is 23.0 Å². The maximum atomic E-state index is 14.8. The summed E-state index contributed by atoms with van der Waals surface area (Å²) in [5.74, 6) is -31.8. The van der Waals surface area contributed by atoms with E-state index in [1.54, 1.807) is 0 Å². The average molecular weight is 489 g/mol. The molecular formula is C12BCl3F12. The van der Waals surface area contributed by atoms with Gasteiger partial charge in [-0.1, -0.05) is 23.2 Å². The molecule has 2 aliphatic carbocycles. The molecule has 0 fully saturated rings. The molecule has 2 unspecified atom stereocenters. The Balaban J connectivity index is 2.86. The summed E-state index contributed by atoms with van der Waals surface area (Å²) in [6.07, 6.45) is -4.69. The minimum absolute atomic E-state index is 2.36. The van der Waals surface area contributed by atoms with Crippen molar-refractivity contribution in [2.24, 2.45) is 0 Å². The van der Waals surface area contributed by atoms with Crippen LogP contribution >= 0.6 is 34.7 Å². The Labute approximate surface area is 162 Å². The smallest absolute Gasteiger partial charge is 0.236 e. The monoisotopic (exact) mass is 488 g/mol. The van der Waals surface area contributed by atoms with E-state index in [2.05, 4.69) is 23.2 Å². The van der Waals surface area contributed by atoms with E-state index in [1.165, 1.54) is 0 Å². The maximum absolute atomic E-state index is 14.8. The molecule has 0 saturated heterocycles. The van der Waals surface area contributed by atoms with Crippen molar-refractivity contribution in [3.8, 4) is 0 Å². The minimum Gasteiger partial charge on any atom is -0.236 e. The largest absolute Gasteiger partial charge is 0.367 e. The Morgan fingerprint density at radius 2 is 0.786 bits per heavy atom. The van der Waals surface area contributed by atoms with Crippen molar-refractivity contribution in [2.75, 3.05) is 0 Å². The molecule has 0 saturated carbocycles. The van der Waals surface area contributed by atoms with Crippen molar-refractivity contribution >= 4 is 40.8 Å². The summed E-state index contributed by atoms with van der Waals surface area (Å²) < 4.78 is 167. The molecule has 0 heterocycles. The van der Waals surface area contributed by atoms with Gasteiger partial charge in [-0.25, -0.2) is 35.1 Å². The molecule has 0 nitrogen and oxygen atoms in total. The molecule has 156 valence electrons. The third-order valence-corrected chi connectivity index (χ3v) is 5.22. The summed E-state index contributed by atoms with van der Waals surface area (Å²) in [7, 11) is 0. The number of halogens is 15. The summed E-state index contributed by atoms with van der Waals surface area (Å²) in [5, 5.41) is -4.72. The van der Waals surface area contributed by atoms with Gasteiger partial charge in [0.1, 0.15) is 10.1 Å². The van der Waals surface area contributed by atoms with Crippen LogP contribution in [-0.4, -0.2) is 29.1 Å². The molecule has 2 atom stereocenters. The molecule has 0 spiro atoms. The summed E-state index contributed by atoms with van der Waals surface area (Å²) in [6.45, 7) is 0. The van der Waals surface area contributed by atoms with E-state index in [9.17, 15) is 52.7 Å². The molecule has 0 aromatic carbocycles. The Bertz CT molecular complexity index is 807. The van der Waals surface area contributed by atoms with E-state index in [1.807, 2.05) is 0 Å². The molecule has 0 amide bonds. The van der Waals surface area contributed by atoms with Crippen LogP contribution < -0.4 is 0 Å². The zero-order valence-corrected chi connectivity index (χ0v) is 14.5. The van der Waals surface area contributed by atoms with Crippen LogP contribution in [0.5, 0.6) is 0 Å². The molecule has 0 aromatic rings. The van der Waals surface area contributed by atoms with E-state index >= 15 is 0 Å². The maximum Gasteiger partial charge on any atom is 0.367 e. The van der Waals surface area contributed by atoms with Gasteiger partial charge in [-0.15, -0.1) is 0 Å². The zero-order valence-electron chi connectivity index (χ0n) is 12.2. The van der Waals surface area contributed by atoms with Gasteiger partial charge >= 0.3 is 18.0 Å². The summed E-state index contributed by atoms with van der Waals surface area (Å²) >= 11 is 14.1. The number of allylic oxidation sites excluding steroid dienone is 8. The molecule has 28 heavy (non-hydrogen) atoms. The van der Waals surface area contributed by atoms with Crippen LogP contribution in [0, 0.1) is 0 Å². The highest BCUT2D eigenvalue weighted by Crippen LogP contribution is 2.61. The van der Waals surface area contributed by atoms with Crippen LogP contribution in [0.25, 0.3) is 0 Å². The Hall–Kier alpha value is -0.945. The lowest BCUT2D eigenvalue weighted by molar-refractivity contribution is -0.101. The van der Waals surface area contributed by atoms with Crippen molar-refractivity contribution < 1.29 is 52.7 Å². The quantitative estimate of drug-likeness (QED) is 0.286. The Kier molecular flexibility index (Phi) is 5.44. The molecule has 16 heteroatoms. The normalized spacial score (nSPS) is 33.1. The fourth-order valence-electron chi connectivity index (χ4n) is 2.39. The summed E-state index contributed by atoms with van der Waals surface area (Å²) in [4.78, 5) is 0. The molecule has 0 aromatic heterocycles. The van der Waals surface area contributed by atoms with Gasteiger partial charge in [0.25, 0.3) is 0 Å². The Morgan fingerprint density at radius 1 is 0.536 bits per heavy atom. The predicted molar refractivity (Wildman–Crippen MR) is 75.6 cm³/mol. The highest BCUT2D eigenvalue weighted by Gasteiger charge is 2.82. The minimum atomic E-state index is -6.11. The standard InChI is InChI=1S/C12BCl3F12/c14-1-3(17)7(21)9(23,11(25,26)5(1)19)13(16)10(24)8(22)4(18)2(15)6(20)12(10,27)28. The first-order chi connectivity index (χ1) is 12.4. The fourth-order valence-corrected chi connectivity index (χ4v) is 3.26. The van der Waals surface area contributed by atoms with Crippen molar-refractivity contribution in [1.29, 1.82) is 0 Å². The molecule has 2 aliphatic rings. The third kappa shape index (κ3) is 2.44. The van der Waals surface area contributed by atoms with Gasteiger partial charge < -0.3 is 0 Å². The van der Waals surface area contributed by atoms with Crippen LogP contribution in [0.15, 0.2) is 45.0 Å². The second-order valence-corrected chi connectivity index (χ2v) is 6.64. The van der Waals surface area contributed by atoms with Crippen LogP contribution in [0.1, 0.15) is 0 Å².